The highest BCUT2D eigenvalue weighted by molar-refractivity contribution is 5.96. The molecule has 1 atom stereocenters. The van der Waals surface area contributed by atoms with E-state index in [0.29, 0.717) is 34.3 Å². The number of rotatable bonds is 11. The molecule has 2 heterocycles. The minimum Gasteiger partial charge on any atom is -0.481 e. The molecular weight excluding hydrogens is 562 g/mol. The number of aliphatic carboxylic acids is 1. The van der Waals surface area contributed by atoms with Gasteiger partial charge in [-0.2, -0.15) is 0 Å². The van der Waals surface area contributed by atoms with Crippen LogP contribution < -0.4 is 16.3 Å². The van der Waals surface area contributed by atoms with E-state index in [2.05, 4.69) is 20.9 Å². The molecule has 2 amide bonds. The number of hydrogen-bond acceptors (Lipinski definition) is 7. The number of aryl methyl sites for hydroxylation is 1. The van der Waals surface area contributed by atoms with Crippen molar-refractivity contribution < 1.29 is 23.9 Å². The fourth-order valence-electron chi connectivity index (χ4n) is 5.96. The number of carboxylic acid groups (broad SMARTS) is 1. The maximum Gasteiger partial charge on any atom is 0.340 e. The number of anilines is 1. The first-order valence-corrected chi connectivity index (χ1v) is 15.1. The standard InChI is InChI=1S/C33H37N5O6/c1-3-4-13-26(31(42)34-23-14-15-24-21(2)25(19-29(39)40)32(43)44-27(24)18-23)38-20-28(36-37-38)33(16-9-6-10-17-33)35-30(41)22-11-7-5-8-12-22/h5,7-8,11-12,14-15,18,20,26H,3-4,6,9-10,13,16-17,19H2,1-2H3,(H,34,42)(H,35,41)(H,39,40)/t26-/m0/s1. The fraction of sp³-hybridized carbons (Fsp3) is 0.394. The second kappa shape index (κ2) is 13.2. The molecule has 5 rings (SSSR count). The highest BCUT2D eigenvalue weighted by atomic mass is 16.4. The molecule has 0 aliphatic heterocycles. The monoisotopic (exact) mass is 599 g/mol. The zero-order chi connectivity index (χ0) is 31.3. The minimum atomic E-state index is -1.12. The zero-order valence-corrected chi connectivity index (χ0v) is 25.0. The predicted octanol–water partition coefficient (Wildman–Crippen LogP) is 5.28. The Labute approximate surface area is 254 Å². The molecule has 1 aliphatic rings. The van der Waals surface area contributed by atoms with Crippen molar-refractivity contribution in [3.63, 3.8) is 0 Å². The molecule has 2 aromatic heterocycles. The topological polar surface area (TPSA) is 156 Å². The third-order valence-corrected chi connectivity index (χ3v) is 8.43. The Kier molecular flexibility index (Phi) is 9.22. The Morgan fingerprint density at radius 2 is 1.84 bits per heavy atom. The van der Waals surface area contributed by atoms with Crippen LogP contribution in [-0.4, -0.2) is 37.9 Å². The molecule has 1 aliphatic carbocycles. The summed E-state index contributed by atoms with van der Waals surface area (Å²) in [4.78, 5) is 50.5. The van der Waals surface area contributed by atoms with Crippen LogP contribution in [0.2, 0.25) is 0 Å². The maximum absolute atomic E-state index is 13.7. The quantitative estimate of drug-likeness (QED) is 0.197. The van der Waals surface area contributed by atoms with Crippen molar-refractivity contribution in [2.45, 2.75) is 83.2 Å². The van der Waals surface area contributed by atoms with Crippen molar-refractivity contribution >= 4 is 34.4 Å². The molecule has 0 bridgehead atoms. The SMILES string of the molecule is CCCC[C@@H](C(=O)Nc1ccc2c(C)c(CC(=O)O)c(=O)oc2c1)n1cc(C2(NC(=O)c3ccccc3)CCCCC2)nn1. The van der Waals surface area contributed by atoms with Gasteiger partial charge >= 0.3 is 11.6 Å². The molecule has 4 aromatic rings. The Morgan fingerprint density at radius 3 is 2.55 bits per heavy atom. The Morgan fingerprint density at radius 1 is 1.09 bits per heavy atom. The average Bonchev–Trinajstić information content (AvgIpc) is 3.51. The lowest BCUT2D eigenvalue weighted by Crippen LogP contribution is -2.47. The molecule has 230 valence electrons. The van der Waals surface area contributed by atoms with E-state index in [1.54, 1.807) is 48.1 Å². The van der Waals surface area contributed by atoms with E-state index in [1.807, 2.05) is 25.1 Å². The number of nitrogens with zero attached hydrogens (tertiary/aromatic N) is 3. The van der Waals surface area contributed by atoms with E-state index >= 15 is 0 Å². The van der Waals surface area contributed by atoms with Gasteiger partial charge in [-0.05, 0) is 56.0 Å². The molecule has 1 saturated carbocycles. The van der Waals surface area contributed by atoms with Gasteiger partial charge in [0.1, 0.15) is 17.3 Å². The number of nitrogens with one attached hydrogen (secondary N) is 2. The van der Waals surface area contributed by atoms with Gasteiger partial charge in [-0.1, -0.05) is 62.4 Å². The number of amides is 2. The number of aromatic nitrogens is 3. The van der Waals surface area contributed by atoms with Crippen molar-refractivity contribution in [1.82, 2.24) is 20.3 Å². The summed E-state index contributed by atoms with van der Waals surface area (Å²) in [5, 5.41) is 24.8. The van der Waals surface area contributed by atoms with Crippen molar-refractivity contribution in [2.24, 2.45) is 0 Å². The van der Waals surface area contributed by atoms with E-state index in [0.717, 1.165) is 44.9 Å². The van der Waals surface area contributed by atoms with Crippen LogP contribution in [0.25, 0.3) is 11.0 Å². The summed E-state index contributed by atoms with van der Waals surface area (Å²) < 4.78 is 7.00. The van der Waals surface area contributed by atoms with Crippen molar-refractivity contribution in [3.8, 4) is 0 Å². The number of benzene rings is 2. The smallest absolute Gasteiger partial charge is 0.340 e. The number of fused-ring (bicyclic) bond motifs is 1. The number of hydrogen-bond donors (Lipinski definition) is 3. The summed E-state index contributed by atoms with van der Waals surface area (Å²) in [5.74, 6) is -1.59. The molecule has 0 spiro atoms. The summed E-state index contributed by atoms with van der Waals surface area (Å²) in [6.07, 6.45) is 7.94. The van der Waals surface area contributed by atoms with Gasteiger partial charge in [0.2, 0.25) is 5.91 Å². The lowest BCUT2D eigenvalue weighted by molar-refractivity contribution is -0.136. The Balaban J connectivity index is 1.40. The summed E-state index contributed by atoms with van der Waals surface area (Å²) in [6.45, 7) is 3.73. The summed E-state index contributed by atoms with van der Waals surface area (Å²) in [5.41, 5.74) is 1.12. The van der Waals surface area contributed by atoms with Gasteiger partial charge in [-0.25, -0.2) is 9.48 Å². The molecule has 0 radical (unpaired) electrons. The van der Waals surface area contributed by atoms with Crippen LogP contribution >= 0.6 is 0 Å². The average molecular weight is 600 g/mol. The number of unbranched alkanes of at least 4 members (excludes halogenated alkanes) is 1. The highest BCUT2D eigenvalue weighted by Gasteiger charge is 2.39. The second-order valence-corrected chi connectivity index (χ2v) is 11.5. The van der Waals surface area contributed by atoms with Gasteiger partial charge in [-0.3, -0.25) is 14.4 Å². The van der Waals surface area contributed by atoms with E-state index in [4.69, 9.17) is 9.52 Å². The first kappa shape index (κ1) is 30.7. The van der Waals surface area contributed by atoms with Gasteiger partial charge in [0.15, 0.2) is 0 Å². The van der Waals surface area contributed by atoms with E-state index in [1.165, 1.54) is 0 Å². The van der Waals surface area contributed by atoms with Gasteiger partial charge in [0.05, 0.1) is 23.7 Å². The predicted molar refractivity (Wildman–Crippen MR) is 164 cm³/mol. The van der Waals surface area contributed by atoms with E-state index in [-0.39, 0.29) is 23.0 Å². The molecule has 3 N–H and O–H groups in total. The van der Waals surface area contributed by atoms with Crippen LogP contribution in [0.1, 0.15) is 91.5 Å². The molecule has 0 unspecified atom stereocenters. The van der Waals surface area contributed by atoms with E-state index in [9.17, 15) is 19.2 Å². The molecule has 11 nitrogen and oxygen atoms in total. The summed E-state index contributed by atoms with van der Waals surface area (Å²) >= 11 is 0. The van der Waals surface area contributed by atoms with Crippen LogP contribution in [0.4, 0.5) is 5.69 Å². The highest BCUT2D eigenvalue weighted by Crippen LogP contribution is 2.37. The van der Waals surface area contributed by atoms with Crippen LogP contribution in [0.3, 0.4) is 0 Å². The summed E-state index contributed by atoms with van der Waals surface area (Å²) in [7, 11) is 0. The molecule has 11 heteroatoms. The molecule has 0 saturated heterocycles. The largest absolute Gasteiger partial charge is 0.481 e. The van der Waals surface area contributed by atoms with Crippen molar-refractivity contribution in [1.29, 1.82) is 0 Å². The van der Waals surface area contributed by atoms with Crippen LogP contribution in [0.15, 0.2) is 63.9 Å². The lowest BCUT2D eigenvalue weighted by atomic mass is 9.79. The number of carbonyl (C=O) groups is 3. The number of carbonyl (C=O) groups excluding carboxylic acids is 2. The minimum absolute atomic E-state index is 0.0964. The third-order valence-electron chi connectivity index (χ3n) is 8.43. The van der Waals surface area contributed by atoms with Gasteiger partial charge in [-0.15, -0.1) is 5.10 Å². The molecule has 1 fully saturated rings. The maximum atomic E-state index is 13.7. The third kappa shape index (κ3) is 6.56. The van der Waals surface area contributed by atoms with Gasteiger partial charge in [0.25, 0.3) is 5.91 Å². The van der Waals surface area contributed by atoms with Gasteiger partial charge < -0.3 is 20.2 Å². The first-order chi connectivity index (χ1) is 21.2. The van der Waals surface area contributed by atoms with E-state index < -0.39 is 29.6 Å². The Hall–Kier alpha value is -4.80. The molecule has 44 heavy (non-hydrogen) atoms. The van der Waals surface area contributed by atoms with Crippen LogP contribution in [0, 0.1) is 6.92 Å². The fourth-order valence-corrected chi connectivity index (χ4v) is 5.96. The zero-order valence-electron chi connectivity index (χ0n) is 25.0. The van der Waals surface area contributed by atoms with Crippen LogP contribution in [-0.2, 0) is 21.5 Å². The normalized spacial score (nSPS) is 15.0. The Bertz CT molecular complexity index is 1720. The van der Waals surface area contributed by atoms with Crippen molar-refractivity contribution in [2.75, 3.05) is 5.32 Å². The van der Waals surface area contributed by atoms with Crippen LogP contribution in [0.5, 0.6) is 0 Å². The van der Waals surface area contributed by atoms with Gasteiger partial charge in [0, 0.05) is 22.7 Å². The molecule has 2 aromatic carbocycles. The molecular formula is C33H37N5O6. The summed E-state index contributed by atoms with van der Waals surface area (Å²) in [6, 6.07) is 13.4. The first-order valence-electron chi connectivity index (χ1n) is 15.1. The lowest BCUT2D eigenvalue weighted by Gasteiger charge is -2.36. The van der Waals surface area contributed by atoms with Crippen molar-refractivity contribution in [3.05, 3.63) is 87.5 Å². The number of carboxylic acids is 1. The second-order valence-electron chi connectivity index (χ2n) is 11.5.